The number of ether oxygens (including phenoxy) is 4. The van der Waals surface area contributed by atoms with Crippen molar-refractivity contribution in [1.29, 1.82) is 0 Å². The molecule has 0 aromatic rings. The highest BCUT2D eigenvalue weighted by atomic mass is 16.7. The Morgan fingerprint density at radius 1 is 0.907 bits per heavy atom. The van der Waals surface area contributed by atoms with Crippen LogP contribution in [0.3, 0.4) is 0 Å². The molecule has 0 radical (unpaired) electrons. The van der Waals surface area contributed by atoms with Gasteiger partial charge in [-0.15, -0.1) is 0 Å². The first-order valence-corrected chi connectivity index (χ1v) is 21.3. The predicted octanol–water partition coefficient (Wildman–Crippen LogP) is 5.37. The van der Waals surface area contributed by atoms with Crippen LogP contribution >= 0.6 is 0 Å². The predicted molar refractivity (Wildman–Crippen MR) is 201 cm³/mol. The third-order valence-corrected chi connectivity index (χ3v) is 17.4. The Labute approximate surface area is 323 Å². The van der Waals surface area contributed by atoms with E-state index in [9.17, 15) is 24.9 Å². The number of nitrogens with zero attached hydrogens (tertiary/aromatic N) is 2. The molecule has 5 saturated carbocycles. The summed E-state index contributed by atoms with van der Waals surface area (Å²) in [7, 11) is 0. The Morgan fingerprint density at radius 2 is 1.57 bits per heavy atom. The minimum absolute atomic E-state index is 0.0199. The van der Waals surface area contributed by atoms with E-state index in [4.69, 9.17) is 18.9 Å². The van der Waals surface area contributed by atoms with Gasteiger partial charge in [-0.1, -0.05) is 34.6 Å². The third kappa shape index (κ3) is 5.54. The summed E-state index contributed by atoms with van der Waals surface area (Å²) in [4.78, 5) is 29.4. The third-order valence-electron chi connectivity index (χ3n) is 17.4. The number of rotatable bonds is 5. The average Bonchev–Trinajstić information content (AvgIpc) is 3.68. The Bertz CT molecular complexity index is 1500. The monoisotopic (exact) mass is 759 g/mol. The number of morpholine rings is 1. The van der Waals surface area contributed by atoms with Crippen LogP contribution in [0, 0.1) is 56.7 Å². The summed E-state index contributed by atoms with van der Waals surface area (Å²) in [6.45, 7) is 22.9. The number of aliphatic hydroxyl groups is 3. The van der Waals surface area contributed by atoms with E-state index in [1.807, 2.05) is 25.7 Å². The average molecular weight is 759 g/mol. The molecule has 5 aliphatic carbocycles. The Morgan fingerprint density at radius 3 is 2.24 bits per heavy atom. The summed E-state index contributed by atoms with van der Waals surface area (Å²) in [5, 5.41) is 34.2. The highest BCUT2D eigenvalue weighted by Gasteiger charge is 2.84. The summed E-state index contributed by atoms with van der Waals surface area (Å²) in [5.41, 5.74) is -1.84. The molecule has 3 heterocycles. The SMILES string of the molecule is C[C@@H]1C[C@H]([C@H](O)C(C)(C)O)O[C@H]2C1[C@@]1(C)CC[C@@]34CC35CCC(OC3CN(C(=O)C6CN(C(=O)OC(C)(C)C)C6)CCO3)C(C)(C)[C@@H]5CC[C@H]4[C@]1(C)[C@H]2O. The van der Waals surface area contributed by atoms with E-state index in [0.717, 1.165) is 32.1 Å². The number of likely N-dealkylation sites (tertiary alicyclic amines) is 1. The highest BCUT2D eigenvalue weighted by Crippen LogP contribution is 2.89. The second kappa shape index (κ2) is 12.5. The van der Waals surface area contributed by atoms with Gasteiger partial charge in [0, 0.05) is 25.0 Å². The molecule has 11 nitrogen and oxygen atoms in total. The maximum atomic E-state index is 13.5. The van der Waals surface area contributed by atoms with Gasteiger partial charge in [0.15, 0.2) is 6.29 Å². The first-order chi connectivity index (χ1) is 25.0. The van der Waals surface area contributed by atoms with Crippen LogP contribution in [0.2, 0.25) is 0 Å². The van der Waals surface area contributed by atoms with Crippen LogP contribution in [0.1, 0.15) is 121 Å². The molecule has 8 aliphatic rings. The molecule has 3 N–H and O–H groups in total. The number of carbonyl (C=O) groups is 2. The number of fused-ring (bicyclic) bond motifs is 4. The van der Waals surface area contributed by atoms with Crippen LogP contribution in [0.25, 0.3) is 0 Å². The largest absolute Gasteiger partial charge is 0.444 e. The minimum atomic E-state index is -1.28. The topological polar surface area (TPSA) is 138 Å². The maximum absolute atomic E-state index is 13.5. The Balaban J connectivity index is 0.935. The number of carbonyl (C=O) groups excluding carboxylic acids is 2. The smallest absolute Gasteiger partial charge is 0.410 e. The van der Waals surface area contributed by atoms with Crippen LogP contribution in [0.5, 0.6) is 0 Å². The van der Waals surface area contributed by atoms with E-state index in [1.54, 1.807) is 18.7 Å². The fourth-order valence-electron chi connectivity index (χ4n) is 14.7. The van der Waals surface area contributed by atoms with E-state index in [1.165, 1.54) is 12.8 Å². The van der Waals surface area contributed by atoms with Crippen LogP contribution in [-0.2, 0) is 23.7 Å². The lowest BCUT2D eigenvalue weighted by Gasteiger charge is -2.64. The van der Waals surface area contributed by atoms with Crippen LogP contribution in [0.15, 0.2) is 0 Å². The van der Waals surface area contributed by atoms with E-state index in [0.29, 0.717) is 51.0 Å². The minimum Gasteiger partial charge on any atom is -0.444 e. The van der Waals surface area contributed by atoms with Crippen molar-refractivity contribution in [3.63, 3.8) is 0 Å². The molecule has 3 saturated heterocycles. The van der Waals surface area contributed by atoms with Gasteiger partial charge in [-0.2, -0.15) is 0 Å². The van der Waals surface area contributed by atoms with Gasteiger partial charge in [0.2, 0.25) is 5.91 Å². The molecular formula is C43H70N2O9. The summed E-state index contributed by atoms with van der Waals surface area (Å²) >= 11 is 0. The summed E-state index contributed by atoms with van der Waals surface area (Å²) < 4.78 is 25.2. The molecule has 0 aromatic carbocycles. The zero-order valence-electron chi connectivity index (χ0n) is 34.7. The number of amides is 2. The molecule has 54 heavy (non-hydrogen) atoms. The van der Waals surface area contributed by atoms with Crippen molar-refractivity contribution in [2.24, 2.45) is 56.7 Å². The van der Waals surface area contributed by atoms with Crippen LogP contribution in [-0.4, -0.2) is 118 Å². The van der Waals surface area contributed by atoms with Crippen molar-refractivity contribution in [2.45, 2.75) is 169 Å². The number of hydrogen-bond donors (Lipinski definition) is 3. The molecule has 2 amide bonds. The fraction of sp³-hybridized carbons (Fsp3) is 0.953. The van der Waals surface area contributed by atoms with Crippen molar-refractivity contribution < 1.29 is 43.9 Å². The molecule has 0 bridgehead atoms. The first kappa shape index (κ1) is 39.3. The maximum Gasteiger partial charge on any atom is 0.410 e. The molecule has 2 spiro atoms. The second-order valence-corrected chi connectivity index (χ2v) is 21.9. The van der Waals surface area contributed by atoms with Crippen LogP contribution in [0.4, 0.5) is 4.79 Å². The summed E-state index contributed by atoms with van der Waals surface area (Å²) in [5.74, 6) is 1.23. The standard InChI is InChI=1S/C43H70N2O9/c1-24-19-26(33(46)39(7,8)50)52-32-31(24)40(9)15-16-43-23-42(43)14-13-29(38(5,6)27(42)11-12-28(43)41(40,10)34(32)47)53-30-22-44(17-18-51-30)35(48)25-20-45(21-25)36(49)54-37(2,3)4/h24-34,46-47,50H,11-23H2,1-10H3/t24-,26-,27+,28+,29?,30?,31?,32+,33+,34+,40-,41-,42?,43+/m1/s1. The molecule has 306 valence electrons. The van der Waals surface area contributed by atoms with Gasteiger partial charge in [-0.05, 0) is 131 Å². The van der Waals surface area contributed by atoms with E-state index < -0.39 is 35.8 Å². The zero-order chi connectivity index (χ0) is 39.2. The molecule has 4 unspecified atom stereocenters. The van der Waals surface area contributed by atoms with Gasteiger partial charge in [-0.3, -0.25) is 4.79 Å². The number of aliphatic hydroxyl groups excluding tert-OH is 2. The number of hydrogen-bond acceptors (Lipinski definition) is 9. The van der Waals surface area contributed by atoms with Crippen molar-refractivity contribution in [3.05, 3.63) is 0 Å². The summed E-state index contributed by atoms with van der Waals surface area (Å²) in [6.07, 6.45) is 5.15. The lowest BCUT2D eigenvalue weighted by atomic mass is 9.41. The van der Waals surface area contributed by atoms with Gasteiger partial charge in [0.25, 0.3) is 0 Å². The second-order valence-electron chi connectivity index (χ2n) is 21.9. The Hall–Kier alpha value is -1.50. The van der Waals surface area contributed by atoms with Crippen molar-refractivity contribution >= 4 is 12.0 Å². The van der Waals surface area contributed by atoms with E-state index in [-0.39, 0.29) is 69.0 Å². The highest BCUT2D eigenvalue weighted by molar-refractivity contribution is 5.82. The van der Waals surface area contributed by atoms with Crippen LogP contribution < -0.4 is 0 Å². The molecule has 8 fully saturated rings. The lowest BCUT2D eigenvalue weighted by molar-refractivity contribution is -0.248. The Kier molecular flexibility index (Phi) is 9.11. The molecule has 14 atom stereocenters. The van der Waals surface area contributed by atoms with E-state index in [2.05, 4.69) is 34.6 Å². The van der Waals surface area contributed by atoms with Gasteiger partial charge < -0.3 is 44.1 Å². The molecule has 0 aromatic heterocycles. The van der Waals surface area contributed by atoms with Gasteiger partial charge >= 0.3 is 6.09 Å². The fourth-order valence-corrected chi connectivity index (χ4v) is 14.7. The van der Waals surface area contributed by atoms with Gasteiger partial charge in [-0.25, -0.2) is 4.79 Å². The lowest BCUT2D eigenvalue weighted by Crippen LogP contribution is -2.61. The molecular weight excluding hydrogens is 688 g/mol. The van der Waals surface area contributed by atoms with Crippen molar-refractivity contribution in [3.8, 4) is 0 Å². The van der Waals surface area contributed by atoms with Gasteiger partial charge in [0.1, 0.15) is 11.7 Å². The molecule has 8 rings (SSSR count). The normalized spacial score (nSPS) is 47.6. The quantitative estimate of drug-likeness (QED) is 0.338. The van der Waals surface area contributed by atoms with Crippen molar-refractivity contribution in [1.82, 2.24) is 9.80 Å². The first-order valence-electron chi connectivity index (χ1n) is 21.3. The molecule has 3 aliphatic heterocycles. The van der Waals surface area contributed by atoms with Crippen molar-refractivity contribution in [2.75, 3.05) is 32.8 Å². The van der Waals surface area contributed by atoms with Gasteiger partial charge in [0.05, 0.1) is 49.1 Å². The molecule has 11 heteroatoms. The zero-order valence-corrected chi connectivity index (χ0v) is 34.7. The van der Waals surface area contributed by atoms with E-state index >= 15 is 0 Å². The summed E-state index contributed by atoms with van der Waals surface area (Å²) in [6, 6.07) is 0.